The molecule has 0 aliphatic carbocycles. The van der Waals surface area contributed by atoms with Crippen molar-refractivity contribution >= 4 is 5.91 Å². The van der Waals surface area contributed by atoms with Gasteiger partial charge in [0.2, 0.25) is 0 Å². The Balaban J connectivity index is 1.95. The van der Waals surface area contributed by atoms with Gasteiger partial charge in [0.15, 0.2) is 0 Å². The minimum Gasteiger partial charge on any atom is -0.489 e. The van der Waals surface area contributed by atoms with Crippen LogP contribution in [0.5, 0.6) is 5.75 Å². The third kappa shape index (κ3) is 4.71. The molecule has 0 bridgehead atoms. The van der Waals surface area contributed by atoms with Crippen LogP contribution in [0, 0.1) is 6.92 Å². The van der Waals surface area contributed by atoms with Crippen molar-refractivity contribution in [2.24, 2.45) is 7.05 Å². The molecule has 122 valence electrons. The Labute approximate surface area is 135 Å². The minimum atomic E-state index is -0.269. The lowest BCUT2D eigenvalue weighted by Gasteiger charge is -2.18. The molecule has 0 fully saturated rings. The van der Waals surface area contributed by atoms with E-state index in [9.17, 15) is 9.59 Å². The van der Waals surface area contributed by atoms with Crippen molar-refractivity contribution in [1.82, 2.24) is 9.88 Å². The highest BCUT2D eigenvalue weighted by Gasteiger charge is 2.12. The summed E-state index contributed by atoms with van der Waals surface area (Å²) < 4.78 is 7.32. The van der Waals surface area contributed by atoms with Crippen LogP contribution >= 0.6 is 0 Å². The standard InChI is InChI=1S/C18H22N2O3/c1-4-15(23-16-7-5-6-13(2)10-16)12-19-18(22)14-8-9-20(3)17(21)11-14/h5-11,15H,4,12H2,1-3H3,(H,19,22)/t15-/m1/s1. The maximum atomic E-state index is 12.1. The third-order valence-electron chi connectivity index (χ3n) is 3.60. The summed E-state index contributed by atoms with van der Waals surface area (Å²) in [5, 5.41) is 2.82. The highest BCUT2D eigenvalue weighted by Crippen LogP contribution is 2.15. The van der Waals surface area contributed by atoms with Gasteiger partial charge in [0.25, 0.3) is 11.5 Å². The lowest BCUT2D eigenvalue weighted by Crippen LogP contribution is -2.35. The van der Waals surface area contributed by atoms with Crippen LogP contribution < -0.4 is 15.6 Å². The van der Waals surface area contributed by atoms with Gasteiger partial charge in [-0.05, 0) is 37.1 Å². The third-order valence-corrected chi connectivity index (χ3v) is 3.60. The van der Waals surface area contributed by atoms with Crippen LogP contribution in [-0.2, 0) is 7.05 Å². The topological polar surface area (TPSA) is 60.3 Å². The number of hydrogen-bond donors (Lipinski definition) is 1. The SMILES string of the molecule is CC[C@H](CNC(=O)c1ccn(C)c(=O)c1)Oc1cccc(C)c1. The van der Waals surface area contributed by atoms with Crippen LogP contribution in [-0.4, -0.2) is 23.1 Å². The Morgan fingerprint density at radius 3 is 2.74 bits per heavy atom. The van der Waals surface area contributed by atoms with Crippen molar-refractivity contribution in [2.45, 2.75) is 26.4 Å². The van der Waals surface area contributed by atoms with E-state index in [0.717, 1.165) is 17.7 Å². The molecule has 1 amide bonds. The van der Waals surface area contributed by atoms with E-state index in [1.165, 1.54) is 10.6 Å². The van der Waals surface area contributed by atoms with Gasteiger partial charge in [-0.1, -0.05) is 19.1 Å². The molecule has 23 heavy (non-hydrogen) atoms. The number of pyridine rings is 1. The molecule has 0 unspecified atom stereocenters. The molecule has 0 radical (unpaired) electrons. The molecular weight excluding hydrogens is 292 g/mol. The molecule has 0 saturated heterocycles. The number of carbonyl (C=O) groups excluding carboxylic acids is 1. The van der Waals surface area contributed by atoms with Crippen LogP contribution in [0.15, 0.2) is 47.4 Å². The first-order valence-corrected chi connectivity index (χ1v) is 7.67. The molecule has 1 atom stereocenters. The lowest BCUT2D eigenvalue weighted by atomic mass is 10.2. The van der Waals surface area contributed by atoms with E-state index in [0.29, 0.717) is 12.1 Å². The molecule has 1 N–H and O–H groups in total. The molecule has 0 aliphatic heterocycles. The fraction of sp³-hybridized carbons (Fsp3) is 0.333. The van der Waals surface area contributed by atoms with Crippen LogP contribution in [0.2, 0.25) is 0 Å². The second-order valence-corrected chi connectivity index (χ2v) is 5.54. The Morgan fingerprint density at radius 2 is 2.09 bits per heavy atom. The van der Waals surface area contributed by atoms with Gasteiger partial charge >= 0.3 is 0 Å². The molecule has 0 spiro atoms. The summed E-state index contributed by atoms with van der Waals surface area (Å²) in [5.41, 5.74) is 1.28. The van der Waals surface area contributed by atoms with Crippen molar-refractivity contribution in [3.8, 4) is 5.75 Å². The van der Waals surface area contributed by atoms with Crippen LogP contribution in [0.25, 0.3) is 0 Å². The largest absolute Gasteiger partial charge is 0.489 e. The normalized spacial score (nSPS) is 11.8. The van der Waals surface area contributed by atoms with E-state index in [4.69, 9.17) is 4.74 Å². The molecule has 5 nitrogen and oxygen atoms in total. The summed E-state index contributed by atoms with van der Waals surface area (Å²) in [5.74, 6) is 0.522. The molecule has 1 aromatic carbocycles. The van der Waals surface area contributed by atoms with Gasteiger partial charge in [0, 0.05) is 24.9 Å². The summed E-state index contributed by atoms with van der Waals surface area (Å²) in [7, 11) is 1.65. The van der Waals surface area contributed by atoms with Crippen molar-refractivity contribution in [3.05, 3.63) is 64.1 Å². The number of ether oxygens (including phenoxy) is 1. The summed E-state index contributed by atoms with van der Waals surface area (Å²) in [6.07, 6.45) is 2.23. The maximum Gasteiger partial charge on any atom is 0.251 e. The van der Waals surface area contributed by atoms with E-state index >= 15 is 0 Å². The Morgan fingerprint density at radius 1 is 1.30 bits per heavy atom. The summed E-state index contributed by atoms with van der Waals surface area (Å²) >= 11 is 0. The van der Waals surface area contributed by atoms with E-state index < -0.39 is 0 Å². The molecule has 2 rings (SSSR count). The highest BCUT2D eigenvalue weighted by molar-refractivity contribution is 5.93. The number of rotatable bonds is 6. The first-order valence-electron chi connectivity index (χ1n) is 7.67. The smallest absolute Gasteiger partial charge is 0.251 e. The van der Waals surface area contributed by atoms with Crippen LogP contribution in [0.1, 0.15) is 29.3 Å². The fourth-order valence-corrected chi connectivity index (χ4v) is 2.15. The zero-order chi connectivity index (χ0) is 16.8. The number of amides is 1. The summed E-state index contributed by atoms with van der Waals surface area (Å²) in [6.45, 7) is 4.40. The monoisotopic (exact) mass is 314 g/mol. The van der Waals surface area contributed by atoms with Crippen molar-refractivity contribution < 1.29 is 9.53 Å². The number of aryl methyl sites for hydroxylation is 2. The molecule has 1 aromatic heterocycles. The Hall–Kier alpha value is -2.56. The van der Waals surface area contributed by atoms with Crippen molar-refractivity contribution in [3.63, 3.8) is 0 Å². The number of hydrogen-bond acceptors (Lipinski definition) is 3. The van der Waals surface area contributed by atoms with Gasteiger partial charge < -0.3 is 14.6 Å². The van der Waals surface area contributed by atoms with Gasteiger partial charge in [0.1, 0.15) is 11.9 Å². The van der Waals surface area contributed by atoms with E-state index in [-0.39, 0.29) is 17.6 Å². The first-order chi connectivity index (χ1) is 11.0. The van der Waals surface area contributed by atoms with Gasteiger partial charge in [0.05, 0.1) is 6.54 Å². The maximum absolute atomic E-state index is 12.1. The average Bonchev–Trinajstić information content (AvgIpc) is 2.53. The van der Waals surface area contributed by atoms with Crippen molar-refractivity contribution in [2.75, 3.05) is 6.54 Å². The summed E-state index contributed by atoms with van der Waals surface area (Å²) in [4.78, 5) is 23.7. The predicted octanol–water partition coefficient (Wildman–Crippen LogP) is 2.28. The average molecular weight is 314 g/mol. The summed E-state index contributed by atoms with van der Waals surface area (Å²) in [6, 6.07) is 10.8. The van der Waals surface area contributed by atoms with E-state index in [1.54, 1.807) is 19.3 Å². The second-order valence-electron chi connectivity index (χ2n) is 5.54. The zero-order valence-corrected chi connectivity index (χ0v) is 13.7. The predicted molar refractivity (Wildman–Crippen MR) is 89.9 cm³/mol. The first kappa shape index (κ1) is 16.8. The number of nitrogens with zero attached hydrogens (tertiary/aromatic N) is 1. The number of carbonyl (C=O) groups is 1. The van der Waals surface area contributed by atoms with Gasteiger partial charge in [-0.25, -0.2) is 0 Å². The zero-order valence-electron chi connectivity index (χ0n) is 13.7. The number of aromatic nitrogens is 1. The molecule has 0 saturated carbocycles. The van der Waals surface area contributed by atoms with E-state index in [2.05, 4.69) is 5.32 Å². The molecular formula is C18H22N2O3. The van der Waals surface area contributed by atoms with Gasteiger partial charge in [-0.15, -0.1) is 0 Å². The molecule has 5 heteroatoms. The lowest BCUT2D eigenvalue weighted by molar-refractivity contribution is 0.0925. The van der Waals surface area contributed by atoms with E-state index in [1.807, 2.05) is 38.1 Å². The quantitative estimate of drug-likeness (QED) is 0.890. The number of benzene rings is 1. The van der Waals surface area contributed by atoms with Crippen LogP contribution in [0.3, 0.4) is 0 Å². The van der Waals surface area contributed by atoms with Gasteiger partial charge in [-0.2, -0.15) is 0 Å². The highest BCUT2D eigenvalue weighted by atomic mass is 16.5. The molecule has 1 heterocycles. The van der Waals surface area contributed by atoms with Gasteiger partial charge in [-0.3, -0.25) is 9.59 Å². The molecule has 0 aliphatic rings. The molecule has 2 aromatic rings. The number of nitrogens with one attached hydrogen (secondary N) is 1. The fourth-order valence-electron chi connectivity index (χ4n) is 2.15. The Bertz CT molecular complexity index is 737. The van der Waals surface area contributed by atoms with Crippen molar-refractivity contribution in [1.29, 1.82) is 0 Å². The minimum absolute atomic E-state index is 0.118. The Kier molecular flexibility index (Phi) is 5.57. The second kappa shape index (κ2) is 7.63. The van der Waals surface area contributed by atoms with Crippen LogP contribution in [0.4, 0.5) is 0 Å².